The Labute approximate surface area is 260 Å². The lowest BCUT2D eigenvalue weighted by atomic mass is 9.72. The molecule has 2 saturated heterocycles. The molecule has 4 aliphatic rings. The SMILES string of the molecule is COC1CC(C2[OH+]C3CC(O)CC(O)C3CC2O[C@@H]2O[C@H](COC(=O)C[C@@](C)(O)CC(=O)O)[C@@H](O)[C@H](O)[C@H]2O)CC(OC)C1O. The molecule has 0 aromatic heterocycles. The summed E-state index contributed by atoms with van der Waals surface area (Å²) in [6, 6.07) is 0. The first-order chi connectivity index (χ1) is 21.1. The van der Waals surface area contributed by atoms with E-state index in [-0.39, 0.29) is 30.8 Å². The van der Waals surface area contributed by atoms with E-state index in [1.165, 1.54) is 14.2 Å². The number of methoxy groups -OCH3 is 2. The van der Waals surface area contributed by atoms with Gasteiger partial charge < -0.3 is 69.3 Å². The van der Waals surface area contributed by atoms with Crippen LogP contribution >= 0.6 is 0 Å². The summed E-state index contributed by atoms with van der Waals surface area (Å²) in [5, 5.41) is 82.9. The molecule has 0 spiro atoms. The molecule has 0 aromatic carbocycles. The molecule has 45 heavy (non-hydrogen) atoms. The number of ether oxygens (including phenoxy) is 6. The van der Waals surface area contributed by atoms with E-state index in [0.29, 0.717) is 19.3 Å². The summed E-state index contributed by atoms with van der Waals surface area (Å²) in [7, 11) is 2.97. The van der Waals surface area contributed by atoms with E-state index in [9.17, 15) is 45.3 Å². The van der Waals surface area contributed by atoms with Crippen molar-refractivity contribution < 1.29 is 78.9 Å². The molecule has 14 atom stereocenters. The summed E-state index contributed by atoms with van der Waals surface area (Å²) in [5.74, 6) is -2.89. The van der Waals surface area contributed by atoms with Gasteiger partial charge in [0.25, 0.3) is 0 Å². The fourth-order valence-electron chi connectivity index (χ4n) is 7.26. The van der Waals surface area contributed by atoms with Crippen LogP contribution in [0.2, 0.25) is 0 Å². The van der Waals surface area contributed by atoms with E-state index in [1.807, 2.05) is 0 Å². The Bertz CT molecular complexity index is 981. The Morgan fingerprint density at radius 1 is 0.844 bits per heavy atom. The molecular formula is C29H49O16+. The molecule has 2 aliphatic heterocycles. The highest BCUT2D eigenvalue weighted by Gasteiger charge is 2.56. The number of aliphatic hydroxyl groups excluding tert-OH is 6. The maximum atomic E-state index is 12.3. The molecule has 4 rings (SSSR count). The smallest absolute Gasteiger partial charge is 0.308 e. The van der Waals surface area contributed by atoms with Crippen LogP contribution in [0.4, 0.5) is 0 Å². The van der Waals surface area contributed by atoms with E-state index in [2.05, 4.69) is 0 Å². The largest absolute Gasteiger partial charge is 0.481 e. The van der Waals surface area contributed by atoms with Crippen molar-refractivity contribution in [1.82, 2.24) is 0 Å². The number of hydrogen-bond donors (Lipinski definition) is 8. The number of hydrogen-bond acceptors (Lipinski definition) is 14. The van der Waals surface area contributed by atoms with Gasteiger partial charge in [-0.15, -0.1) is 0 Å². The Morgan fingerprint density at radius 2 is 1.49 bits per heavy atom. The number of carboxylic acids is 1. The lowest BCUT2D eigenvalue weighted by molar-refractivity contribution is -0.357. The second-order valence-corrected chi connectivity index (χ2v) is 13.2. The van der Waals surface area contributed by atoms with Crippen LogP contribution in [-0.2, 0) is 33.3 Å². The van der Waals surface area contributed by atoms with Gasteiger partial charge in [-0.1, -0.05) is 0 Å². The van der Waals surface area contributed by atoms with Crippen molar-refractivity contribution in [2.75, 3.05) is 20.8 Å². The van der Waals surface area contributed by atoms with Crippen LogP contribution in [0.5, 0.6) is 0 Å². The van der Waals surface area contributed by atoms with Crippen molar-refractivity contribution in [2.45, 2.75) is 137 Å². The highest BCUT2D eigenvalue weighted by molar-refractivity contribution is 5.73. The molecule has 16 heteroatoms. The van der Waals surface area contributed by atoms with Crippen molar-refractivity contribution in [3.8, 4) is 0 Å². The summed E-state index contributed by atoms with van der Waals surface area (Å²) in [5.41, 5.74) is -1.88. The predicted octanol–water partition coefficient (Wildman–Crippen LogP) is -3.06. The third-order valence-electron chi connectivity index (χ3n) is 9.63. The van der Waals surface area contributed by atoms with Gasteiger partial charge in [-0.25, -0.2) is 0 Å². The topological polar surface area (TPSA) is 255 Å². The summed E-state index contributed by atoms with van der Waals surface area (Å²) in [6.45, 7) is 0.563. The Balaban J connectivity index is 1.50. The van der Waals surface area contributed by atoms with Gasteiger partial charge in [-0.2, -0.15) is 0 Å². The summed E-state index contributed by atoms with van der Waals surface area (Å²) in [6.07, 6.45) is -13.1. The summed E-state index contributed by atoms with van der Waals surface area (Å²) in [4.78, 5) is 23.3. The minimum absolute atomic E-state index is 0.168. The Kier molecular flexibility index (Phi) is 12.2. The quantitative estimate of drug-likeness (QED) is 0.0814. The number of aliphatic carboxylic acids is 1. The Morgan fingerprint density at radius 3 is 2.09 bits per heavy atom. The first kappa shape index (κ1) is 36.3. The van der Waals surface area contributed by atoms with Crippen LogP contribution < -0.4 is 0 Å². The van der Waals surface area contributed by atoms with Gasteiger partial charge in [0, 0.05) is 33.0 Å². The number of aliphatic hydroxyl groups is 9. The lowest BCUT2D eigenvalue weighted by Crippen LogP contribution is -2.63. The van der Waals surface area contributed by atoms with E-state index >= 15 is 0 Å². The van der Waals surface area contributed by atoms with Crippen LogP contribution in [0, 0.1) is 11.8 Å². The molecule has 0 radical (unpaired) electrons. The maximum Gasteiger partial charge on any atom is 0.308 e. The molecule has 16 nitrogen and oxygen atoms in total. The van der Waals surface area contributed by atoms with E-state index in [4.69, 9.17) is 33.5 Å². The molecule has 4 fully saturated rings. The van der Waals surface area contributed by atoms with Crippen molar-refractivity contribution >= 4 is 11.9 Å². The molecule has 0 amide bonds. The van der Waals surface area contributed by atoms with E-state index in [0.717, 1.165) is 6.92 Å². The monoisotopic (exact) mass is 653 g/mol. The highest BCUT2D eigenvalue weighted by Crippen LogP contribution is 2.43. The van der Waals surface area contributed by atoms with Crippen molar-refractivity contribution in [3.05, 3.63) is 0 Å². The minimum atomic E-state index is -1.88. The molecule has 2 saturated carbocycles. The number of carboxylic acid groups (broad SMARTS) is 1. The van der Waals surface area contributed by atoms with Gasteiger partial charge in [0.05, 0.1) is 48.8 Å². The van der Waals surface area contributed by atoms with Crippen molar-refractivity contribution in [1.29, 1.82) is 0 Å². The third-order valence-corrected chi connectivity index (χ3v) is 9.63. The van der Waals surface area contributed by atoms with Crippen molar-refractivity contribution in [2.24, 2.45) is 11.8 Å². The fourth-order valence-corrected chi connectivity index (χ4v) is 7.26. The first-order valence-electron chi connectivity index (χ1n) is 15.4. The maximum absolute atomic E-state index is 12.3. The minimum Gasteiger partial charge on any atom is -0.481 e. The van der Waals surface area contributed by atoms with Gasteiger partial charge in [0.15, 0.2) is 18.5 Å². The standard InChI is InChI=1S/C29H48O16/c1-29(39,9-21(32)33)10-22(34)42-11-20-24(36)25(37)26(38)28(45-20)44-19-8-14-15(31)6-13(30)7-16(14)43-27(19)12-4-17(40-2)23(35)18(5-12)41-3/h12-20,23-28,30-31,35-39H,4-11H2,1-3H3,(H,32,33)/p+1/t12?,13?,14?,15?,16?,17?,18?,19?,20-,23?,24-,25+,26-,27?,28-,29+/m1/s1. The molecule has 2 heterocycles. The summed E-state index contributed by atoms with van der Waals surface area (Å²) < 4.78 is 33.3. The Hall–Kier alpha value is -1.54. The third kappa shape index (κ3) is 8.69. The van der Waals surface area contributed by atoms with Crippen LogP contribution in [-0.4, -0.2) is 163 Å². The number of rotatable bonds is 11. The van der Waals surface area contributed by atoms with Crippen molar-refractivity contribution in [3.63, 3.8) is 0 Å². The van der Waals surface area contributed by atoms with Crippen LogP contribution in [0.25, 0.3) is 0 Å². The number of carbonyl (C=O) groups is 2. The highest BCUT2D eigenvalue weighted by atomic mass is 16.7. The zero-order valence-electron chi connectivity index (χ0n) is 25.7. The van der Waals surface area contributed by atoms with Gasteiger partial charge in [0.2, 0.25) is 0 Å². The van der Waals surface area contributed by atoms with E-state index < -0.39 is 110 Å². The molecule has 0 aromatic rings. The zero-order chi connectivity index (χ0) is 33.2. The second kappa shape index (κ2) is 15.1. The molecule has 2 aliphatic carbocycles. The predicted molar refractivity (Wildman–Crippen MR) is 149 cm³/mol. The molecule has 8 unspecified atom stereocenters. The molecule has 260 valence electrons. The molecule has 0 bridgehead atoms. The zero-order valence-corrected chi connectivity index (χ0v) is 25.7. The average molecular weight is 654 g/mol. The number of carbonyl (C=O) groups excluding carboxylic acids is 1. The molecule has 9 N–H and O–H groups in total. The van der Waals surface area contributed by atoms with Gasteiger partial charge >= 0.3 is 11.9 Å². The average Bonchev–Trinajstić information content (AvgIpc) is 2.95. The summed E-state index contributed by atoms with van der Waals surface area (Å²) >= 11 is 0. The van der Waals surface area contributed by atoms with Gasteiger partial charge in [-0.05, 0) is 26.2 Å². The first-order valence-corrected chi connectivity index (χ1v) is 15.4. The van der Waals surface area contributed by atoms with Gasteiger partial charge in [0.1, 0.15) is 43.2 Å². The van der Waals surface area contributed by atoms with Crippen LogP contribution in [0.15, 0.2) is 0 Å². The number of esters is 1. The van der Waals surface area contributed by atoms with Crippen LogP contribution in [0.1, 0.15) is 51.9 Å². The normalized spacial score (nSPS) is 45.2. The van der Waals surface area contributed by atoms with E-state index in [1.54, 1.807) is 0 Å². The lowest BCUT2D eigenvalue weighted by Gasteiger charge is -2.49. The second-order valence-electron chi connectivity index (χ2n) is 13.2. The fraction of sp³-hybridized carbons (Fsp3) is 0.931. The molecular weight excluding hydrogens is 604 g/mol. The number of fused-ring (bicyclic) bond motifs is 1. The van der Waals surface area contributed by atoms with Gasteiger partial charge in [-0.3, -0.25) is 9.59 Å². The van der Waals surface area contributed by atoms with Crippen LogP contribution in [0.3, 0.4) is 0 Å².